The summed E-state index contributed by atoms with van der Waals surface area (Å²) in [6, 6.07) is 0.183. The van der Waals surface area contributed by atoms with Crippen molar-refractivity contribution >= 4 is 11.8 Å². The number of carbonyl (C=O) groups excluding carboxylic acids is 2. The number of aromatic nitrogens is 1. The zero-order valence-corrected chi connectivity index (χ0v) is 16.7. The number of nitrogens with one attached hydrogen (secondary N) is 1. The molecular weight excluding hydrogens is 342 g/mol. The van der Waals surface area contributed by atoms with E-state index >= 15 is 0 Å². The summed E-state index contributed by atoms with van der Waals surface area (Å²) < 4.78 is 1.93. The average Bonchev–Trinajstić information content (AvgIpc) is 3.15. The van der Waals surface area contributed by atoms with Gasteiger partial charge in [0, 0.05) is 37.6 Å². The summed E-state index contributed by atoms with van der Waals surface area (Å²) >= 11 is 0. The molecule has 3 rings (SSSR count). The van der Waals surface area contributed by atoms with Crippen molar-refractivity contribution in [3.63, 3.8) is 0 Å². The van der Waals surface area contributed by atoms with Crippen LogP contribution in [0.25, 0.3) is 0 Å². The summed E-state index contributed by atoms with van der Waals surface area (Å²) in [5.74, 6) is -0.201. The van der Waals surface area contributed by atoms with Gasteiger partial charge in [-0.15, -0.1) is 0 Å². The summed E-state index contributed by atoms with van der Waals surface area (Å²) in [6.07, 6.45) is 9.70. The van der Waals surface area contributed by atoms with Gasteiger partial charge in [-0.2, -0.15) is 0 Å². The highest BCUT2D eigenvalue weighted by Gasteiger charge is 2.28. The van der Waals surface area contributed by atoms with Gasteiger partial charge in [0.25, 0.3) is 11.8 Å². The first-order chi connectivity index (χ1) is 12.9. The number of pyridine rings is 1. The molecule has 0 unspecified atom stereocenters. The standard InChI is InChI=1S/C21H31N3O3/c1-14(2)22-20(26)17-12-24(16-8-4-5-9-16)13-18(19(17)25)21(27)23-10-6-7-15(3)11-23/h12-16H,4-11H2,1-3H3,(H,22,26)/t15-/m1/s1. The normalized spacial score (nSPS) is 20.9. The first kappa shape index (κ1) is 19.6. The Hall–Kier alpha value is -2.11. The second kappa shape index (κ2) is 8.28. The van der Waals surface area contributed by atoms with E-state index in [0.29, 0.717) is 19.0 Å². The third-order valence-corrected chi connectivity index (χ3v) is 5.63. The number of hydrogen-bond acceptors (Lipinski definition) is 3. The fourth-order valence-corrected chi connectivity index (χ4v) is 4.21. The monoisotopic (exact) mass is 373 g/mol. The van der Waals surface area contributed by atoms with Crippen LogP contribution in [0, 0.1) is 5.92 Å². The summed E-state index contributed by atoms with van der Waals surface area (Å²) in [7, 11) is 0. The summed E-state index contributed by atoms with van der Waals surface area (Å²) in [5.41, 5.74) is -0.246. The van der Waals surface area contributed by atoms with Crippen LogP contribution in [0.3, 0.4) is 0 Å². The number of likely N-dealkylation sites (tertiary alicyclic amines) is 1. The van der Waals surface area contributed by atoms with Gasteiger partial charge < -0.3 is 14.8 Å². The predicted octanol–water partition coefficient (Wildman–Crippen LogP) is 2.97. The van der Waals surface area contributed by atoms with Crippen molar-refractivity contribution in [3.8, 4) is 0 Å². The SMILES string of the molecule is CC(C)NC(=O)c1cn(C2CCCC2)cc(C(=O)N2CCC[C@@H](C)C2)c1=O. The molecule has 6 heteroatoms. The zero-order valence-electron chi connectivity index (χ0n) is 16.7. The molecule has 2 aliphatic rings. The van der Waals surface area contributed by atoms with Crippen molar-refractivity contribution in [3.05, 3.63) is 33.7 Å². The lowest BCUT2D eigenvalue weighted by Gasteiger charge is -2.31. The van der Waals surface area contributed by atoms with Crippen LogP contribution >= 0.6 is 0 Å². The van der Waals surface area contributed by atoms with Gasteiger partial charge in [0.05, 0.1) is 0 Å². The number of hydrogen-bond donors (Lipinski definition) is 1. The van der Waals surface area contributed by atoms with Gasteiger partial charge in [0.15, 0.2) is 0 Å². The third kappa shape index (κ3) is 4.42. The van der Waals surface area contributed by atoms with Crippen LogP contribution in [-0.4, -0.2) is 40.4 Å². The van der Waals surface area contributed by atoms with E-state index in [1.165, 1.54) is 0 Å². The lowest BCUT2D eigenvalue weighted by Crippen LogP contribution is -2.42. The predicted molar refractivity (Wildman–Crippen MR) is 105 cm³/mol. The summed E-state index contributed by atoms with van der Waals surface area (Å²) in [4.78, 5) is 40.5. The Morgan fingerprint density at radius 2 is 1.74 bits per heavy atom. The Kier molecular flexibility index (Phi) is 6.02. The van der Waals surface area contributed by atoms with Gasteiger partial charge in [-0.3, -0.25) is 14.4 Å². The topological polar surface area (TPSA) is 71.4 Å². The minimum atomic E-state index is -0.453. The molecule has 6 nitrogen and oxygen atoms in total. The third-order valence-electron chi connectivity index (χ3n) is 5.63. The van der Waals surface area contributed by atoms with Crippen molar-refractivity contribution in [1.29, 1.82) is 0 Å². The number of amides is 2. The molecule has 1 atom stereocenters. The second-order valence-corrected chi connectivity index (χ2v) is 8.43. The highest BCUT2D eigenvalue weighted by atomic mass is 16.2. The highest BCUT2D eigenvalue weighted by molar-refractivity contribution is 5.99. The van der Waals surface area contributed by atoms with Crippen LogP contribution in [0.2, 0.25) is 0 Å². The van der Waals surface area contributed by atoms with Crippen molar-refractivity contribution in [2.24, 2.45) is 5.92 Å². The van der Waals surface area contributed by atoms with Crippen LogP contribution in [-0.2, 0) is 0 Å². The lowest BCUT2D eigenvalue weighted by molar-refractivity contribution is 0.0680. The molecule has 0 aromatic carbocycles. The van der Waals surface area contributed by atoms with Crippen LogP contribution in [0.1, 0.15) is 86.1 Å². The Labute approximate surface area is 160 Å². The molecule has 0 radical (unpaired) electrons. The molecule has 27 heavy (non-hydrogen) atoms. The van der Waals surface area contributed by atoms with Crippen molar-refractivity contribution in [2.75, 3.05) is 13.1 Å². The highest BCUT2D eigenvalue weighted by Crippen LogP contribution is 2.29. The van der Waals surface area contributed by atoms with Gasteiger partial charge in [0.1, 0.15) is 11.1 Å². The average molecular weight is 373 g/mol. The number of nitrogens with zero attached hydrogens (tertiary/aromatic N) is 2. The van der Waals surface area contributed by atoms with Crippen molar-refractivity contribution < 1.29 is 9.59 Å². The molecule has 148 valence electrons. The smallest absolute Gasteiger partial charge is 0.259 e. The Balaban J connectivity index is 2.00. The minimum Gasteiger partial charge on any atom is -0.350 e. The number of carbonyl (C=O) groups is 2. The quantitative estimate of drug-likeness (QED) is 0.882. The van der Waals surface area contributed by atoms with Gasteiger partial charge in [0.2, 0.25) is 5.43 Å². The van der Waals surface area contributed by atoms with E-state index < -0.39 is 11.3 Å². The maximum atomic E-state index is 13.1. The summed E-state index contributed by atoms with van der Waals surface area (Å²) in [6.45, 7) is 7.19. The van der Waals surface area contributed by atoms with E-state index in [1.54, 1.807) is 17.3 Å². The first-order valence-electron chi connectivity index (χ1n) is 10.2. The van der Waals surface area contributed by atoms with Crippen LogP contribution in [0.15, 0.2) is 17.2 Å². The van der Waals surface area contributed by atoms with Crippen LogP contribution in [0.4, 0.5) is 0 Å². The molecule has 0 bridgehead atoms. The maximum Gasteiger partial charge on any atom is 0.259 e. The molecule has 1 N–H and O–H groups in total. The first-order valence-corrected chi connectivity index (χ1v) is 10.2. The van der Waals surface area contributed by atoms with Crippen molar-refractivity contribution in [2.45, 2.75) is 71.4 Å². The molecular formula is C21H31N3O3. The van der Waals surface area contributed by atoms with E-state index in [9.17, 15) is 14.4 Å². The maximum absolute atomic E-state index is 13.1. The fraction of sp³-hybridized carbons (Fsp3) is 0.667. The van der Waals surface area contributed by atoms with Crippen molar-refractivity contribution in [1.82, 2.24) is 14.8 Å². The molecule has 1 saturated carbocycles. The molecule has 1 aromatic heterocycles. The fourth-order valence-electron chi connectivity index (χ4n) is 4.21. The van der Waals surface area contributed by atoms with E-state index in [0.717, 1.165) is 38.5 Å². The Morgan fingerprint density at radius 1 is 1.07 bits per heavy atom. The van der Waals surface area contributed by atoms with E-state index in [2.05, 4.69) is 12.2 Å². The second-order valence-electron chi connectivity index (χ2n) is 8.43. The van der Waals surface area contributed by atoms with E-state index in [-0.39, 0.29) is 29.1 Å². The Morgan fingerprint density at radius 3 is 2.37 bits per heavy atom. The summed E-state index contributed by atoms with van der Waals surface area (Å²) in [5, 5.41) is 2.79. The van der Waals surface area contributed by atoms with E-state index in [4.69, 9.17) is 0 Å². The number of rotatable bonds is 4. The molecule has 2 amide bonds. The largest absolute Gasteiger partial charge is 0.350 e. The molecule has 1 aliphatic heterocycles. The van der Waals surface area contributed by atoms with Gasteiger partial charge in [-0.25, -0.2) is 0 Å². The minimum absolute atomic E-state index is 0.0702. The molecule has 0 spiro atoms. The van der Waals surface area contributed by atoms with Gasteiger partial charge in [-0.1, -0.05) is 19.8 Å². The molecule has 2 heterocycles. The lowest BCUT2D eigenvalue weighted by atomic mass is 9.99. The van der Waals surface area contributed by atoms with Gasteiger partial charge >= 0.3 is 0 Å². The van der Waals surface area contributed by atoms with Crippen LogP contribution < -0.4 is 10.7 Å². The molecule has 1 saturated heterocycles. The molecule has 1 aliphatic carbocycles. The van der Waals surface area contributed by atoms with E-state index in [1.807, 2.05) is 18.4 Å². The number of piperidine rings is 1. The molecule has 1 aromatic rings. The molecule has 2 fully saturated rings. The van der Waals surface area contributed by atoms with Crippen LogP contribution in [0.5, 0.6) is 0 Å². The van der Waals surface area contributed by atoms with Gasteiger partial charge in [-0.05, 0) is 45.4 Å². The zero-order chi connectivity index (χ0) is 19.6. The Bertz CT molecular complexity index is 762.